The second-order valence-corrected chi connectivity index (χ2v) is 4.49. The number of hydrogen-bond acceptors (Lipinski definition) is 3. The number of primary amides is 1. The maximum absolute atomic E-state index is 12.1. The summed E-state index contributed by atoms with van der Waals surface area (Å²) in [5.41, 5.74) is 5.75. The minimum absolute atomic E-state index is 0.345. The van der Waals surface area contributed by atoms with Crippen molar-refractivity contribution in [3.63, 3.8) is 0 Å². The Morgan fingerprint density at radius 3 is 2.50 bits per heavy atom. The summed E-state index contributed by atoms with van der Waals surface area (Å²) < 4.78 is 0. The molecule has 1 aromatic rings. The molecule has 110 valence electrons. The molecule has 1 rings (SSSR count). The van der Waals surface area contributed by atoms with Gasteiger partial charge in [0.15, 0.2) is 0 Å². The first-order valence-corrected chi connectivity index (χ1v) is 6.61. The first-order valence-electron chi connectivity index (χ1n) is 6.61. The molecule has 0 fully saturated rings. The van der Waals surface area contributed by atoms with Crippen molar-refractivity contribution in [2.75, 3.05) is 6.54 Å². The Hall–Kier alpha value is -2.08. The molecule has 5 N–H and O–H groups in total. The Bertz CT molecular complexity index is 437. The van der Waals surface area contributed by atoms with Crippen molar-refractivity contribution in [2.45, 2.75) is 31.9 Å². The molecule has 20 heavy (non-hydrogen) atoms. The first kappa shape index (κ1) is 16.0. The molecule has 0 aliphatic carbocycles. The van der Waals surface area contributed by atoms with Gasteiger partial charge in [0.1, 0.15) is 6.04 Å². The molecular weight excluding hydrogens is 258 g/mol. The lowest BCUT2D eigenvalue weighted by Crippen LogP contribution is -2.43. The Balaban J connectivity index is 2.64. The average Bonchev–Trinajstić information content (AvgIpc) is 2.45. The van der Waals surface area contributed by atoms with Crippen molar-refractivity contribution in [1.29, 1.82) is 0 Å². The number of aliphatic hydroxyl groups is 1. The fourth-order valence-electron chi connectivity index (χ4n) is 1.76. The van der Waals surface area contributed by atoms with Crippen LogP contribution in [-0.2, 0) is 4.79 Å². The highest BCUT2D eigenvalue weighted by Gasteiger charge is 2.21. The van der Waals surface area contributed by atoms with Gasteiger partial charge in [-0.05, 0) is 18.4 Å². The highest BCUT2D eigenvalue weighted by Crippen LogP contribution is 2.12. The van der Waals surface area contributed by atoms with Crippen LogP contribution in [0, 0.1) is 0 Å². The van der Waals surface area contributed by atoms with Crippen molar-refractivity contribution >= 4 is 11.9 Å². The molecule has 6 nitrogen and oxygen atoms in total. The lowest BCUT2D eigenvalue weighted by molar-refractivity contribution is -0.123. The molecular formula is C14H21N3O3. The van der Waals surface area contributed by atoms with Gasteiger partial charge in [-0.25, -0.2) is 4.79 Å². The van der Waals surface area contributed by atoms with Gasteiger partial charge in [-0.2, -0.15) is 0 Å². The molecule has 3 amide bonds. The molecule has 0 aromatic heterocycles. The number of aliphatic hydroxyl groups excluding tert-OH is 1. The molecule has 0 spiro atoms. The van der Waals surface area contributed by atoms with Crippen LogP contribution in [-0.4, -0.2) is 29.7 Å². The zero-order valence-corrected chi connectivity index (χ0v) is 11.5. The molecule has 6 heteroatoms. The van der Waals surface area contributed by atoms with Crippen LogP contribution in [0.3, 0.4) is 0 Å². The SMILES string of the molecule is CCC(O)CCNC(=O)C(NC(N)=O)c1ccccc1. The van der Waals surface area contributed by atoms with Gasteiger partial charge in [-0.1, -0.05) is 37.3 Å². The fraction of sp³-hybridized carbons (Fsp3) is 0.429. The van der Waals surface area contributed by atoms with Crippen molar-refractivity contribution in [3.8, 4) is 0 Å². The zero-order valence-electron chi connectivity index (χ0n) is 11.5. The van der Waals surface area contributed by atoms with Gasteiger partial charge >= 0.3 is 6.03 Å². The summed E-state index contributed by atoms with van der Waals surface area (Å²) in [4.78, 5) is 23.1. The quantitative estimate of drug-likeness (QED) is 0.589. The van der Waals surface area contributed by atoms with Crippen LogP contribution in [0.5, 0.6) is 0 Å². The normalized spacial score (nSPS) is 13.3. The van der Waals surface area contributed by atoms with Gasteiger partial charge in [0, 0.05) is 6.54 Å². The lowest BCUT2D eigenvalue weighted by Gasteiger charge is -2.18. The van der Waals surface area contributed by atoms with Gasteiger partial charge in [-0.3, -0.25) is 4.79 Å². The number of amides is 3. The van der Waals surface area contributed by atoms with Gasteiger partial charge in [0.25, 0.3) is 0 Å². The highest BCUT2D eigenvalue weighted by atomic mass is 16.3. The van der Waals surface area contributed by atoms with E-state index in [2.05, 4.69) is 10.6 Å². The predicted octanol–water partition coefficient (Wildman–Crippen LogP) is 0.673. The predicted molar refractivity (Wildman–Crippen MR) is 75.8 cm³/mol. The van der Waals surface area contributed by atoms with E-state index in [1.165, 1.54) is 0 Å². The third-order valence-electron chi connectivity index (χ3n) is 2.93. The van der Waals surface area contributed by atoms with Crippen LogP contribution in [0.15, 0.2) is 30.3 Å². The van der Waals surface area contributed by atoms with E-state index in [0.29, 0.717) is 24.9 Å². The van der Waals surface area contributed by atoms with E-state index in [0.717, 1.165) is 0 Å². The van der Waals surface area contributed by atoms with Gasteiger partial charge in [0.05, 0.1) is 6.10 Å². The summed E-state index contributed by atoms with van der Waals surface area (Å²) in [7, 11) is 0. The number of carbonyl (C=O) groups excluding carboxylic acids is 2. The lowest BCUT2D eigenvalue weighted by atomic mass is 10.1. The molecule has 2 unspecified atom stereocenters. The van der Waals surface area contributed by atoms with Crippen LogP contribution in [0.25, 0.3) is 0 Å². The third-order valence-corrected chi connectivity index (χ3v) is 2.93. The van der Waals surface area contributed by atoms with E-state index in [4.69, 9.17) is 5.73 Å². The molecule has 0 aliphatic heterocycles. The molecule has 0 saturated carbocycles. The topological polar surface area (TPSA) is 104 Å². The number of nitrogens with one attached hydrogen (secondary N) is 2. The molecule has 2 atom stereocenters. The van der Waals surface area contributed by atoms with E-state index < -0.39 is 18.2 Å². The van der Waals surface area contributed by atoms with Crippen LogP contribution in [0.2, 0.25) is 0 Å². The van der Waals surface area contributed by atoms with Crippen molar-refractivity contribution in [3.05, 3.63) is 35.9 Å². The Kier molecular flexibility index (Phi) is 6.52. The third kappa shape index (κ3) is 5.27. The summed E-state index contributed by atoms with van der Waals surface area (Å²) in [6.45, 7) is 2.21. The highest BCUT2D eigenvalue weighted by molar-refractivity contribution is 5.87. The van der Waals surface area contributed by atoms with Crippen LogP contribution >= 0.6 is 0 Å². The van der Waals surface area contributed by atoms with E-state index >= 15 is 0 Å². The second-order valence-electron chi connectivity index (χ2n) is 4.49. The summed E-state index contributed by atoms with van der Waals surface area (Å²) in [5.74, 6) is -0.349. The molecule has 0 saturated heterocycles. The van der Waals surface area contributed by atoms with Crippen LogP contribution < -0.4 is 16.4 Å². The van der Waals surface area contributed by atoms with E-state index in [-0.39, 0.29) is 5.91 Å². The van der Waals surface area contributed by atoms with Gasteiger partial charge in [0.2, 0.25) is 5.91 Å². The largest absolute Gasteiger partial charge is 0.393 e. The van der Waals surface area contributed by atoms with E-state index in [9.17, 15) is 14.7 Å². The number of urea groups is 1. The van der Waals surface area contributed by atoms with Crippen LogP contribution in [0.1, 0.15) is 31.4 Å². The average molecular weight is 279 g/mol. The Morgan fingerprint density at radius 2 is 1.95 bits per heavy atom. The number of hydrogen-bond donors (Lipinski definition) is 4. The van der Waals surface area contributed by atoms with E-state index in [1.54, 1.807) is 24.3 Å². The zero-order chi connectivity index (χ0) is 15.0. The van der Waals surface area contributed by atoms with Crippen molar-refractivity contribution in [1.82, 2.24) is 10.6 Å². The maximum atomic E-state index is 12.1. The first-order chi connectivity index (χ1) is 9.54. The fourth-order valence-corrected chi connectivity index (χ4v) is 1.76. The van der Waals surface area contributed by atoms with Crippen molar-refractivity contribution in [2.24, 2.45) is 5.73 Å². The smallest absolute Gasteiger partial charge is 0.313 e. The van der Waals surface area contributed by atoms with Gasteiger partial charge < -0.3 is 21.5 Å². The summed E-state index contributed by atoms with van der Waals surface area (Å²) in [6, 6.07) is 7.26. The number of rotatable bonds is 7. The number of nitrogens with two attached hydrogens (primary N) is 1. The number of benzene rings is 1. The molecule has 0 radical (unpaired) electrons. The summed E-state index contributed by atoms with van der Waals surface area (Å²) in [5, 5.41) is 14.5. The standard InChI is InChI=1S/C14H21N3O3/c1-2-11(18)8-9-16-13(19)12(17-14(15)20)10-6-4-3-5-7-10/h3-7,11-12,18H,2,8-9H2,1H3,(H,16,19)(H3,15,17,20). The molecule has 0 aliphatic rings. The minimum Gasteiger partial charge on any atom is -0.393 e. The second kappa shape index (κ2) is 8.16. The monoisotopic (exact) mass is 279 g/mol. The van der Waals surface area contributed by atoms with Crippen molar-refractivity contribution < 1.29 is 14.7 Å². The van der Waals surface area contributed by atoms with Crippen LogP contribution in [0.4, 0.5) is 4.79 Å². The molecule has 1 aromatic carbocycles. The number of carbonyl (C=O) groups is 2. The summed E-state index contributed by atoms with van der Waals surface area (Å²) >= 11 is 0. The Morgan fingerprint density at radius 1 is 1.30 bits per heavy atom. The van der Waals surface area contributed by atoms with E-state index in [1.807, 2.05) is 13.0 Å². The van der Waals surface area contributed by atoms with Gasteiger partial charge in [-0.15, -0.1) is 0 Å². The maximum Gasteiger partial charge on any atom is 0.313 e. The molecule has 0 heterocycles. The minimum atomic E-state index is -0.826. The Labute approximate surface area is 118 Å². The molecule has 0 bridgehead atoms. The summed E-state index contributed by atoms with van der Waals surface area (Å²) in [6.07, 6.45) is 0.673.